The molecule has 0 fully saturated rings. The third-order valence-corrected chi connectivity index (χ3v) is 5.41. The molecule has 0 bridgehead atoms. The number of hydrogen-bond donors (Lipinski definition) is 1. The van der Waals surface area contributed by atoms with Gasteiger partial charge in [-0.2, -0.15) is 0 Å². The summed E-state index contributed by atoms with van der Waals surface area (Å²) in [6.07, 6.45) is 1.18. The number of rotatable bonds is 10. The van der Waals surface area contributed by atoms with E-state index in [4.69, 9.17) is 10.3 Å². The third kappa shape index (κ3) is 7.91. The Kier molecular flexibility index (Phi) is 8.80. The highest BCUT2D eigenvalue weighted by Gasteiger charge is 2.24. The molecule has 0 aliphatic carbocycles. The number of amides is 1. The highest BCUT2D eigenvalue weighted by Crippen LogP contribution is 2.17. The van der Waals surface area contributed by atoms with Gasteiger partial charge in [0.2, 0.25) is 0 Å². The third-order valence-electron chi connectivity index (χ3n) is 3.61. The lowest BCUT2D eigenvalue weighted by Crippen LogP contribution is -2.31. The van der Waals surface area contributed by atoms with Crippen LogP contribution in [0.15, 0.2) is 34.3 Å². The number of hydrogen-bond acceptors (Lipinski definition) is 5. The molecular weight excluding hydrogens is 344 g/mol. The molecule has 1 N–H and O–H groups in total. The molecule has 0 saturated heterocycles. The maximum absolute atomic E-state index is 12.5. The predicted octanol–water partition coefficient (Wildman–Crippen LogP) is 3.36. The van der Waals surface area contributed by atoms with Crippen molar-refractivity contribution in [1.29, 1.82) is 0 Å². The number of carbonyl (C=O) groups excluding carboxylic acids is 1. The van der Waals surface area contributed by atoms with Crippen molar-refractivity contribution in [2.45, 2.75) is 43.6 Å². The van der Waals surface area contributed by atoms with Gasteiger partial charge in [0.25, 0.3) is 0 Å². The summed E-state index contributed by atoms with van der Waals surface area (Å²) in [4.78, 5) is 14.4. The number of alkyl carbamates (subject to hydrolysis) is 1. The Morgan fingerprint density at radius 3 is 2.56 bits per heavy atom. The second-order valence-electron chi connectivity index (χ2n) is 5.68. The van der Waals surface area contributed by atoms with E-state index < -0.39 is 22.0 Å². The van der Waals surface area contributed by atoms with E-state index in [9.17, 15) is 13.2 Å². The van der Waals surface area contributed by atoms with Crippen LogP contribution in [0.3, 0.4) is 0 Å². The van der Waals surface area contributed by atoms with E-state index in [0.717, 1.165) is 12.0 Å². The highest BCUT2D eigenvalue weighted by atomic mass is 32.2. The molecule has 1 amide bonds. The van der Waals surface area contributed by atoms with E-state index in [2.05, 4.69) is 15.3 Å². The van der Waals surface area contributed by atoms with Crippen molar-refractivity contribution < 1.29 is 17.9 Å². The second-order valence-corrected chi connectivity index (χ2v) is 7.71. The Balaban J connectivity index is 2.69. The summed E-state index contributed by atoms with van der Waals surface area (Å²) in [7, 11) is -2.13. The van der Waals surface area contributed by atoms with Gasteiger partial charge in [-0.3, -0.25) is 0 Å². The molecule has 0 aliphatic heterocycles. The quantitative estimate of drug-likeness (QED) is 0.294. The first-order valence-electron chi connectivity index (χ1n) is 8.07. The molecule has 0 saturated carbocycles. The molecule has 1 rings (SSSR count). The summed E-state index contributed by atoms with van der Waals surface area (Å²) in [6, 6.07) is 6.58. The molecule has 1 aromatic carbocycles. The van der Waals surface area contributed by atoms with Crippen LogP contribution in [0.1, 0.15) is 31.2 Å². The lowest BCUT2D eigenvalue weighted by molar-refractivity contribution is 0.104. The number of ether oxygens (including phenoxy) is 1. The molecule has 8 nitrogen and oxygen atoms in total. The minimum absolute atomic E-state index is 0.215. The van der Waals surface area contributed by atoms with E-state index in [-0.39, 0.29) is 10.6 Å². The molecule has 0 spiro atoms. The zero-order chi connectivity index (χ0) is 18.7. The zero-order valence-corrected chi connectivity index (χ0v) is 15.3. The van der Waals surface area contributed by atoms with E-state index >= 15 is 0 Å². The Labute approximate surface area is 148 Å². The average molecular weight is 368 g/mol. The number of nitrogens with zero attached hydrogens (tertiary/aromatic N) is 3. The topological polar surface area (TPSA) is 121 Å². The molecule has 0 radical (unpaired) electrons. The first-order chi connectivity index (χ1) is 11.9. The van der Waals surface area contributed by atoms with Crippen molar-refractivity contribution in [2.24, 2.45) is 5.11 Å². The lowest BCUT2D eigenvalue weighted by Gasteiger charge is -2.18. The van der Waals surface area contributed by atoms with Gasteiger partial charge < -0.3 is 10.1 Å². The van der Waals surface area contributed by atoms with Crippen molar-refractivity contribution >= 4 is 15.9 Å². The molecule has 25 heavy (non-hydrogen) atoms. The van der Waals surface area contributed by atoms with Crippen LogP contribution in [0.2, 0.25) is 0 Å². The summed E-state index contributed by atoms with van der Waals surface area (Å²) in [6.45, 7) is 2.28. The smallest absolute Gasteiger partial charge is 0.407 e. The van der Waals surface area contributed by atoms with E-state index in [1.807, 2.05) is 6.92 Å². The minimum Gasteiger partial charge on any atom is -0.445 e. The minimum atomic E-state index is -3.55. The van der Waals surface area contributed by atoms with Crippen LogP contribution in [0.4, 0.5) is 4.79 Å². The second kappa shape index (κ2) is 10.6. The van der Waals surface area contributed by atoms with E-state index in [1.54, 1.807) is 24.3 Å². The summed E-state index contributed by atoms with van der Waals surface area (Å²) >= 11 is 0. The van der Waals surface area contributed by atoms with Crippen molar-refractivity contribution in [3.05, 3.63) is 40.3 Å². The maximum Gasteiger partial charge on any atom is 0.407 e. The number of unbranched alkanes of at least 4 members (excludes halogenated alkanes) is 2. The standard InChI is InChI=1S/C16H24N4O4S/c1-13-7-9-15(10-8-13)25(22,23)12-14(24-16(21)18-2)6-4-3-5-11-19-20-17/h7-10,14H,3-6,11-12H2,1-2H3,(H,18,21). The number of carbonyl (C=O) groups is 1. The fourth-order valence-corrected chi connectivity index (χ4v) is 3.72. The molecule has 1 aromatic rings. The van der Waals surface area contributed by atoms with Crippen LogP contribution in [-0.4, -0.2) is 40.0 Å². The lowest BCUT2D eigenvalue weighted by atomic mass is 10.1. The van der Waals surface area contributed by atoms with Crippen molar-refractivity contribution in [3.8, 4) is 0 Å². The zero-order valence-electron chi connectivity index (χ0n) is 14.5. The average Bonchev–Trinajstić information content (AvgIpc) is 2.57. The molecule has 1 unspecified atom stereocenters. The molecule has 1 atom stereocenters. The first-order valence-corrected chi connectivity index (χ1v) is 9.73. The highest BCUT2D eigenvalue weighted by molar-refractivity contribution is 7.91. The molecule has 0 aliphatic rings. The monoisotopic (exact) mass is 368 g/mol. The SMILES string of the molecule is CNC(=O)OC(CCCCCN=[N+]=[N-])CS(=O)(=O)c1ccc(C)cc1. The fraction of sp³-hybridized carbons (Fsp3) is 0.562. The molecule has 138 valence electrons. The van der Waals surface area contributed by atoms with Gasteiger partial charge in [0.15, 0.2) is 9.84 Å². The number of aryl methyl sites for hydroxylation is 1. The first kappa shape index (κ1) is 20.8. The van der Waals surface area contributed by atoms with Crippen LogP contribution in [-0.2, 0) is 14.6 Å². The van der Waals surface area contributed by atoms with Crippen LogP contribution < -0.4 is 5.32 Å². The predicted molar refractivity (Wildman–Crippen MR) is 95.0 cm³/mol. The van der Waals surface area contributed by atoms with E-state index in [1.165, 1.54) is 7.05 Å². The molecule has 0 aromatic heterocycles. The van der Waals surface area contributed by atoms with Gasteiger partial charge in [-0.15, -0.1) is 0 Å². The van der Waals surface area contributed by atoms with Crippen molar-refractivity contribution in [2.75, 3.05) is 19.3 Å². The van der Waals surface area contributed by atoms with Gasteiger partial charge in [0.05, 0.1) is 10.6 Å². The summed E-state index contributed by atoms with van der Waals surface area (Å²) < 4.78 is 30.3. The molecule has 9 heteroatoms. The van der Waals surface area contributed by atoms with Crippen LogP contribution in [0.25, 0.3) is 10.4 Å². The summed E-state index contributed by atoms with van der Waals surface area (Å²) in [5.74, 6) is -0.264. The van der Waals surface area contributed by atoms with Crippen molar-refractivity contribution in [1.82, 2.24) is 5.32 Å². The maximum atomic E-state index is 12.5. The molecule has 0 heterocycles. The Morgan fingerprint density at radius 1 is 1.28 bits per heavy atom. The number of benzene rings is 1. The normalized spacial score (nSPS) is 12.1. The number of nitrogens with one attached hydrogen (secondary N) is 1. The van der Waals surface area contributed by atoms with E-state index in [0.29, 0.717) is 25.8 Å². The fourth-order valence-electron chi connectivity index (χ4n) is 2.25. The van der Waals surface area contributed by atoms with Gasteiger partial charge in [-0.05, 0) is 43.9 Å². The largest absolute Gasteiger partial charge is 0.445 e. The Bertz CT molecular complexity index is 697. The summed E-state index contributed by atoms with van der Waals surface area (Å²) in [5.41, 5.74) is 9.19. The van der Waals surface area contributed by atoms with Gasteiger partial charge in [-0.25, -0.2) is 13.2 Å². The van der Waals surface area contributed by atoms with Gasteiger partial charge in [0.1, 0.15) is 6.10 Å². The number of sulfone groups is 1. The van der Waals surface area contributed by atoms with Gasteiger partial charge in [0, 0.05) is 18.5 Å². The summed E-state index contributed by atoms with van der Waals surface area (Å²) in [5, 5.41) is 5.78. The number of azide groups is 1. The Hall–Kier alpha value is -2.25. The van der Waals surface area contributed by atoms with Crippen LogP contribution in [0, 0.1) is 6.92 Å². The van der Waals surface area contributed by atoms with Gasteiger partial charge >= 0.3 is 6.09 Å². The Morgan fingerprint density at radius 2 is 1.96 bits per heavy atom. The van der Waals surface area contributed by atoms with Gasteiger partial charge in [-0.1, -0.05) is 29.2 Å². The molecular formula is C16H24N4O4S. The van der Waals surface area contributed by atoms with Crippen LogP contribution in [0.5, 0.6) is 0 Å². The van der Waals surface area contributed by atoms with Crippen LogP contribution >= 0.6 is 0 Å². The van der Waals surface area contributed by atoms with Crippen molar-refractivity contribution in [3.63, 3.8) is 0 Å².